The average Bonchev–Trinajstić information content (AvgIpc) is 2.89. The first kappa shape index (κ1) is 30.1. The molecule has 3 unspecified atom stereocenters. The van der Waals surface area contributed by atoms with Crippen LogP contribution in [0.25, 0.3) is 0 Å². The lowest BCUT2D eigenvalue weighted by Crippen LogP contribution is -2.62. The van der Waals surface area contributed by atoms with Crippen LogP contribution in [0.1, 0.15) is 40.7 Å². The van der Waals surface area contributed by atoms with Crippen molar-refractivity contribution in [2.45, 2.75) is 63.6 Å². The Labute approximate surface area is 219 Å². The Kier molecular flexibility index (Phi) is 9.73. The van der Waals surface area contributed by atoms with Crippen LogP contribution in [0.15, 0.2) is 54.6 Å². The van der Waals surface area contributed by atoms with Gasteiger partial charge in [0, 0.05) is 12.2 Å². The summed E-state index contributed by atoms with van der Waals surface area (Å²) in [6.07, 6.45) is -17.5. The Bertz CT molecular complexity index is 1150. The minimum atomic E-state index is -5.84. The second-order valence-electron chi connectivity index (χ2n) is 8.73. The molecule has 2 amide bonds. The van der Waals surface area contributed by atoms with E-state index >= 15 is 0 Å². The molecule has 1 fully saturated rings. The summed E-state index contributed by atoms with van der Waals surface area (Å²) in [6.45, 7) is 0.660. The third-order valence-corrected chi connectivity index (χ3v) is 5.87. The van der Waals surface area contributed by atoms with Crippen LogP contribution in [0.3, 0.4) is 0 Å². The van der Waals surface area contributed by atoms with E-state index in [9.17, 15) is 40.7 Å². The Hall–Kier alpha value is -3.45. The van der Waals surface area contributed by atoms with Gasteiger partial charge in [0.25, 0.3) is 0 Å². The predicted molar refractivity (Wildman–Crippen MR) is 123 cm³/mol. The zero-order valence-electron chi connectivity index (χ0n) is 20.6. The number of ketones is 1. The minimum absolute atomic E-state index is 0.00988. The number of Topliss-reactive ketones (excluding diaryl/α,β-unsaturated/α-hetero) is 1. The third-order valence-electron chi connectivity index (χ3n) is 5.87. The largest absolute Gasteiger partial charge is 0.471 e. The molecule has 0 radical (unpaired) electrons. The molecule has 3 rings (SSSR count). The average molecular weight is 561 g/mol. The van der Waals surface area contributed by atoms with Crippen LogP contribution in [-0.4, -0.2) is 60.1 Å². The van der Waals surface area contributed by atoms with Crippen LogP contribution in [-0.2, 0) is 25.6 Å². The van der Waals surface area contributed by atoms with E-state index in [1.165, 1.54) is 49.4 Å². The maximum Gasteiger partial charge on any atom is 0.471 e. The number of carbonyl (C=O) groups is 3. The normalized spacial score (nSPS) is 17.7. The highest BCUT2D eigenvalue weighted by Crippen LogP contribution is 2.35. The fraction of sp³-hybridized carbons (Fsp3) is 0.423. The molecule has 212 valence electrons. The highest BCUT2D eigenvalue weighted by Gasteiger charge is 2.59. The van der Waals surface area contributed by atoms with Crippen molar-refractivity contribution in [1.29, 1.82) is 0 Å². The monoisotopic (exact) mass is 561 g/mol. The molecule has 1 heterocycles. The van der Waals surface area contributed by atoms with Gasteiger partial charge in [-0.25, -0.2) is 9.69 Å². The van der Waals surface area contributed by atoms with Gasteiger partial charge in [0.05, 0.1) is 0 Å². The number of nitrogens with zero attached hydrogens (tertiary/aromatic N) is 1. The zero-order valence-corrected chi connectivity index (χ0v) is 20.6. The van der Waals surface area contributed by atoms with Crippen molar-refractivity contribution in [2.24, 2.45) is 0 Å². The third kappa shape index (κ3) is 7.79. The van der Waals surface area contributed by atoms with Crippen molar-refractivity contribution in [1.82, 2.24) is 4.90 Å². The molecule has 0 saturated carbocycles. The topological polar surface area (TPSA) is 82.1 Å². The van der Waals surface area contributed by atoms with Gasteiger partial charge in [-0.1, -0.05) is 54.6 Å². The number of aryl methyl sites for hydroxylation is 1. The van der Waals surface area contributed by atoms with Crippen LogP contribution in [0.2, 0.25) is 0 Å². The summed E-state index contributed by atoms with van der Waals surface area (Å²) in [5.41, 5.74) is -0.0774. The number of ether oxygens (including phenoxy) is 3. The fourth-order valence-electron chi connectivity index (χ4n) is 3.96. The molecule has 0 N–H and O–H groups in total. The van der Waals surface area contributed by atoms with Crippen molar-refractivity contribution >= 4 is 17.8 Å². The summed E-state index contributed by atoms with van der Waals surface area (Å²) < 4.78 is 99.4. The molecule has 2 aromatic rings. The molecule has 1 aliphatic heterocycles. The summed E-state index contributed by atoms with van der Waals surface area (Å²) in [5, 5.41) is 0. The van der Waals surface area contributed by atoms with Gasteiger partial charge in [-0.2, -0.15) is 26.3 Å². The summed E-state index contributed by atoms with van der Waals surface area (Å²) in [5.74, 6) is -4.62. The Balaban J connectivity index is 2.13. The Morgan fingerprint density at radius 3 is 2.18 bits per heavy atom. The van der Waals surface area contributed by atoms with Crippen molar-refractivity contribution in [3.8, 4) is 0 Å². The molecule has 0 aliphatic carbocycles. The number of hydrogen-bond donors (Lipinski definition) is 0. The van der Waals surface area contributed by atoms with E-state index in [1.807, 2.05) is 0 Å². The Morgan fingerprint density at radius 1 is 0.974 bits per heavy atom. The summed E-state index contributed by atoms with van der Waals surface area (Å²) in [4.78, 5) is 38.2. The van der Waals surface area contributed by atoms with Crippen molar-refractivity contribution in [2.75, 3.05) is 6.61 Å². The fourth-order valence-corrected chi connectivity index (χ4v) is 3.96. The van der Waals surface area contributed by atoms with Gasteiger partial charge in [-0.05, 0) is 37.3 Å². The zero-order chi connectivity index (χ0) is 28.8. The first-order chi connectivity index (χ1) is 18.3. The maximum absolute atomic E-state index is 14.4. The van der Waals surface area contributed by atoms with E-state index < -0.39 is 65.6 Å². The molecule has 0 spiro atoms. The van der Waals surface area contributed by atoms with E-state index in [4.69, 9.17) is 14.2 Å². The molecule has 2 aromatic carbocycles. The highest BCUT2D eigenvalue weighted by molar-refractivity contribution is 6.07. The number of carbonyl (C=O) groups excluding carboxylic acids is 3. The number of benzene rings is 2. The van der Waals surface area contributed by atoms with Gasteiger partial charge >= 0.3 is 24.4 Å². The van der Waals surface area contributed by atoms with Crippen molar-refractivity contribution in [3.05, 3.63) is 71.3 Å². The molecule has 39 heavy (non-hydrogen) atoms. The van der Waals surface area contributed by atoms with Gasteiger partial charge < -0.3 is 14.2 Å². The molecular formula is C26H25F6NO6. The Morgan fingerprint density at radius 2 is 1.62 bits per heavy atom. The molecule has 7 nitrogen and oxygen atoms in total. The van der Waals surface area contributed by atoms with E-state index in [1.54, 1.807) is 6.07 Å². The first-order valence-electron chi connectivity index (χ1n) is 11.9. The van der Waals surface area contributed by atoms with Crippen molar-refractivity contribution in [3.63, 3.8) is 0 Å². The van der Waals surface area contributed by atoms with Gasteiger partial charge in [0.15, 0.2) is 18.2 Å². The first-order valence-corrected chi connectivity index (χ1v) is 11.9. The van der Waals surface area contributed by atoms with Crippen LogP contribution < -0.4 is 0 Å². The SMILES string of the molecule is Cc1ccccc1C(=O)C(C(OC1CCCCO1)C(F)(F)F)N(C(=O)OCc1ccccc1)C(=O)C(F)(F)F. The smallest absolute Gasteiger partial charge is 0.444 e. The van der Waals surface area contributed by atoms with Crippen LogP contribution in [0.4, 0.5) is 31.1 Å². The van der Waals surface area contributed by atoms with Gasteiger partial charge in [0.2, 0.25) is 0 Å². The second-order valence-corrected chi connectivity index (χ2v) is 8.73. The summed E-state index contributed by atoms with van der Waals surface area (Å²) in [7, 11) is 0. The lowest BCUT2D eigenvalue weighted by molar-refractivity contribution is -0.286. The predicted octanol–water partition coefficient (Wildman–Crippen LogP) is 5.75. The molecule has 13 heteroatoms. The molecule has 0 bridgehead atoms. The van der Waals surface area contributed by atoms with Crippen molar-refractivity contribution < 1.29 is 54.9 Å². The molecular weight excluding hydrogens is 536 g/mol. The van der Waals surface area contributed by atoms with E-state index in [2.05, 4.69) is 0 Å². The van der Waals surface area contributed by atoms with Crippen LogP contribution in [0.5, 0.6) is 0 Å². The van der Waals surface area contributed by atoms with Gasteiger partial charge in [-0.15, -0.1) is 0 Å². The molecule has 3 atom stereocenters. The number of hydrogen-bond acceptors (Lipinski definition) is 6. The summed E-state index contributed by atoms with van der Waals surface area (Å²) >= 11 is 0. The lowest BCUT2D eigenvalue weighted by atomic mass is 9.94. The molecule has 1 saturated heterocycles. The van der Waals surface area contributed by atoms with E-state index in [-0.39, 0.29) is 24.2 Å². The number of alkyl halides is 6. The van der Waals surface area contributed by atoms with Gasteiger partial charge in [-0.3, -0.25) is 9.59 Å². The number of rotatable bonds is 8. The molecule has 0 aromatic heterocycles. The standard InChI is InChI=1S/C26H25F6NO6/c1-16-9-5-6-12-18(16)21(34)20(22(25(27,28)29)39-19-13-7-8-14-37-19)33(23(35)26(30,31)32)24(36)38-15-17-10-3-2-4-11-17/h2-6,9-12,19-20,22H,7-8,13-15H2,1H3. The van der Waals surface area contributed by atoms with E-state index in [0.717, 1.165) is 6.07 Å². The number of amides is 2. The second kappa shape index (κ2) is 12.6. The quantitative estimate of drug-likeness (QED) is 0.302. The summed E-state index contributed by atoms with van der Waals surface area (Å²) in [6, 6.07) is 9.50. The highest BCUT2D eigenvalue weighted by atomic mass is 19.4. The van der Waals surface area contributed by atoms with Gasteiger partial charge in [0.1, 0.15) is 12.6 Å². The minimum Gasteiger partial charge on any atom is -0.444 e. The van der Waals surface area contributed by atoms with Crippen LogP contribution >= 0.6 is 0 Å². The maximum atomic E-state index is 14.4. The molecule has 1 aliphatic rings. The van der Waals surface area contributed by atoms with Crippen LogP contribution in [0, 0.1) is 6.92 Å². The number of imide groups is 1. The van der Waals surface area contributed by atoms with E-state index in [0.29, 0.717) is 12.8 Å². The number of halogens is 6. The lowest BCUT2D eigenvalue weighted by Gasteiger charge is -2.37.